The van der Waals surface area contributed by atoms with Gasteiger partial charge in [0.2, 0.25) is 0 Å². The van der Waals surface area contributed by atoms with Crippen LogP contribution >= 0.6 is 0 Å². The Bertz CT molecular complexity index is 707. The highest BCUT2D eigenvalue weighted by Gasteiger charge is 2.08. The van der Waals surface area contributed by atoms with E-state index in [1.165, 1.54) is 18.9 Å². The number of hydrogen-bond acceptors (Lipinski definition) is 4. The van der Waals surface area contributed by atoms with Crippen molar-refractivity contribution in [3.63, 3.8) is 0 Å². The Hall–Kier alpha value is -2.30. The maximum atomic E-state index is 11.9. The normalized spacial score (nSPS) is 12.1. The van der Waals surface area contributed by atoms with Crippen molar-refractivity contribution in [1.82, 2.24) is 5.32 Å². The maximum absolute atomic E-state index is 11.9. The highest BCUT2D eigenvalue weighted by Crippen LogP contribution is 2.19. The Morgan fingerprint density at radius 3 is 2.83 bits per heavy atom. The molecule has 0 spiro atoms. The van der Waals surface area contributed by atoms with Gasteiger partial charge in [0.15, 0.2) is 6.61 Å². The van der Waals surface area contributed by atoms with Gasteiger partial charge in [-0.1, -0.05) is 26.2 Å². The van der Waals surface area contributed by atoms with Gasteiger partial charge in [-0.15, -0.1) is 0 Å². The van der Waals surface area contributed by atoms with Gasteiger partial charge in [0.05, 0.1) is 0 Å². The average molecular weight is 317 g/mol. The molecule has 1 N–H and O–H groups in total. The first-order chi connectivity index (χ1) is 11.1. The predicted molar refractivity (Wildman–Crippen MR) is 89.7 cm³/mol. The van der Waals surface area contributed by atoms with Gasteiger partial charge >= 0.3 is 5.63 Å². The minimum atomic E-state index is -0.409. The Kier molecular flexibility index (Phi) is 6.20. The van der Waals surface area contributed by atoms with Gasteiger partial charge in [0.1, 0.15) is 11.3 Å². The van der Waals surface area contributed by atoms with E-state index in [-0.39, 0.29) is 18.6 Å². The van der Waals surface area contributed by atoms with Crippen LogP contribution in [0.15, 0.2) is 39.5 Å². The molecule has 5 heteroatoms. The zero-order valence-electron chi connectivity index (χ0n) is 13.6. The summed E-state index contributed by atoms with van der Waals surface area (Å²) < 4.78 is 10.6. The van der Waals surface area contributed by atoms with Crippen molar-refractivity contribution in [2.75, 3.05) is 6.61 Å². The SMILES string of the molecule is CCCCC[C@@H](C)NC(=O)COc1ccc2ccc(=O)oc2c1. The number of amides is 1. The van der Waals surface area contributed by atoms with E-state index in [4.69, 9.17) is 9.15 Å². The van der Waals surface area contributed by atoms with Crippen LogP contribution in [0.2, 0.25) is 0 Å². The summed E-state index contributed by atoms with van der Waals surface area (Å²) >= 11 is 0. The first-order valence-electron chi connectivity index (χ1n) is 8.04. The molecule has 124 valence electrons. The molecule has 0 radical (unpaired) electrons. The van der Waals surface area contributed by atoms with E-state index in [1.807, 2.05) is 6.92 Å². The van der Waals surface area contributed by atoms with Crippen molar-refractivity contribution < 1.29 is 13.9 Å². The van der Waals surface area contributed by atoms with Crippen molar-refractivity contribution >= 4 is 16.9 Å². The van der Waals surface area contributed by atoms with Crippen molar-refractivity contribution in [3.8, 4) is 5.75 Å². The summed E-state index contributed by atoms with van der Waals surface area (Å²) in [5.74, 6) is 0.351. The van der Waals surface area contributed by atoms with Gasteiger partial charge in [0, 0.05) is 23.6 Å². The van der Waals surface area contributed by atoms with Crippen LogP contribution in [0, 0.1) is 0 Å². The Labute approximate surface area is 135 Å². The van der Waals surface area contributed by atoms with Crippen LogP contribution in [-0.2, 0) is 4.79 Å². The molecular weight excluding hydrogens is 294 g/mol. The number of fused-ring (bicyclic) bond motifs is 1. The van der Waals surface area contributed by atoms with Gasteiger partial charge in [-0.3, -0.25) is 4.79 Å². The molecule has 1 atom stereocenters. The number of carbonyl (C=O) groups excluding carboxylic acids is 1. The van der Waals surface area contributed by atoms with Crippen molar-refractivity contribution in [3.05, 3.63) is 40.8 Å². The smallest absolute Gasteiger partial charge is 0.336 e. The van der Waals surface area contributed by atoms with E-state index in [9.17, 15) is 9.59 Å². The molecule has 0 saturated heterocycles. The molecule has 2 aromatic rings. The molecule has 1 aromatic carbocycles. The van der Waals surface area contributed by atoms with Crippen LogP contribution in [-0.4, -0.2) is 18.6 Å². The Morgan fingerprint density at radius 1 is 1.26 bits per heavy atom. The number of nitrogens with one attached hydrogen (secondary N) is 1. The molecule has 23 heavy (non-hydrogen) atoms. The third-order valence-corrected chi connectivity index (χ3v) is 3.61. The van der Waals surface area contributed by atoms with Crippen molar-refractivity contribution in [2.24, 2.45) is 0 Å². The lowest BCUT2D eigenvalue weighted by atomic mass is 10.1. The zero-order valence-corrected chi connectivity index (χ0v) is 13.6. The maximum Gasteiger partial charge on any atom is 0.336 e. The molecule has 0 bridgehead atoms. The lowest BCUT2D eigenvalue weighted by molar-refractivity contribution is -0.123. The largest absolute Gasteiger partial charge is 0.484 e. The number of rotatable bonds is 8. The molecule has 0 saturated carbocycles. The Morgan fingerprint density at radius 2 is 2.04 bits per heavy atom. The minimum absolute atomic E-state index is 0.0549. The average Bonchev–Trinajstić information content (AvgIpc) is 2.52. The van der Waals surface area contributed by atoms with E-state index in [2.05, 4.69) is 12.2 Å². The summed E-state index contributed by atoms with van der Waals surface area (Å²) in [4.78, 5) is 23.1. The minimum Gasteiger partial charge on any atom is -0.484 e. The summed E-state index contributed by atoms with van der Waals surface area (Å²) in [7, 11) is 0. The van der Waals surface area contributed by atoms with Gasteiger partial charge in [-0.25, -0.2) is 4.79 Å². The highest BCUT2D eigenvalue weighted by molar-refractivity contribution is 5.79. The van der Waals surface area contributed by atoms with Crippen LogP contribution in [0.1, 0.15) is 39.5 Å². The van der Waals surface area contributed by atoms with Crippen LogP contribution < -0.4 is 15.7 Å². The molecule has 0 aliphatic carbocycles. The lowest BCUT2D eigenvalue weighted by Crippen LogP contribution is -2.36. The molecule has 0 aliphatic rings. The lowest BCUT2D eigenvalue weighted by Gasteiger charge is -2.14. The summed E-state index contributed by atoms with van der Waals surface area (Å²) in [5, 5.41) is 3.73. The van der Waals surface area contributed by atoms with Crippen LogP contribution in [0.3, 0.4) is 0 Å². The van der Waals surface area contributed by atoms with E-state index in [1.54, 1.807) is 24.3 Å². The van der Waals surface area contributed by atoms with Gasteiger partial charge < -0.3 is 14.5 Å². The van der Waals surface area contributed by atoms with Gasteiger partial charge in [-0.2, -0.15) is 0 Å². The summed E-state index contributed by atoms with van der Waals surface area (Å²) in [5.41, 5.74) is 0.0386. The van der Waals surface area contributed by atoms with Gasteiger partial charge in [0.25, 0.3) is 5.91 Å². The third kappa shape index (κ3) is 5.43. The molecule has 0 unspecified atom stereocenters. The zero-order chi connectivity index (χ0) is 16.7. The summed E-state index contributed by atoms with van der Waals surface area (Å²) in [6.07, 6.45) is 4.43. The van der Waals surface area contributed by atoms with E-state index < -0.39 is 5.63 Å². The quantitative estimate of drug-likeness (QED) is 0.599. The fraction of sp³-hybridized carbons (Fsp3) is 0.444. The number of ether oxygens (including phenoxy) is 1. The Balaban J connectivity index is 1.85. The second kappa shape index (κ2) is 8.36. The molecular formula is C18H23NO4. The number of unbranched alkanes of at least 4 members (excludes halogenated alkanes) is 2. The number of carbonyl (C=O) groups is 1. The molecule has 1 heterocycles. The molecule has 5 nitrogen and oxygen atoms in total. The first-order valence-corrected chi connectivity index (χ1v) is 8.04. The number of benzene rings is 1. The molecule has 0 fully saturated rings. The second-order valence-electron chi connectivity index (χ2n) is 5.71. The summed E-state index contributed by atoms with van der Waals surface area (Å²) in [6.45, 7) is 4.10. The molecule has 1 amide bonds. The highest BCUT2D eigenvalue weighted by atomic mass is 16.5. The topological polar surface area (TPSA) is 68.5 Å². The fourth-order valence-electron chi connectivity index (χ4n) is 2.37. The molecule has 2 rings (SSSR count). The van der Waals surface area contributed by atoms with Crippen LogP contribution in [0.25, 0.3) is 11.0 Å². The van der Waals surface area contributed by atoms with E-state index in [0.717, 1.165) is 18.2 Å². The standard InChI is InChI=1S/C18H23NO4/c1-3-4-5-6-13(2)19-17(20)12-22-15-9-7-14-8-10-18(21)23-16(14)11-15/h7-11,13H,3-6,12H2,1-2H3,(H,19,20)/t13-/m1/s1. The molecule has 0 aliphatic heterocycles. The van der Waals surface area contributed by atoms with Crippen LogP contribution in [0.4, 0.5) is 0 Å². The van der Waals surface area contributed by atoms with Crippen molar-refractivity contribution in [1.29, 1.82) is 0 Å². The van der Waals surface area contributed by atoms with E-state index in [0.29, 0.717) is 11.3 Å². The second-order valence-corrected chi connectivity index (χ2v) is 5.71. The first kappa shape index (κ1) is 17.1. The summed E-state index contributed by atoms with van der Waals surface area (Å²) in [6, 6.07) is 8.37. The molecule has 1 aromatic heterocycles. The van der Waals surface area contributed by atoms with Gasteiger partial charge in [-0.05, 0) is 31.5 Å². The van der Waals surface area contributed by atoms with E-state index >= 15 is 0 Å². The number of hydrogen-bond donors (Lipinski definition) is 1. The monoisotopic (exact) mass is 317 g/mol. The van der Waals surface area contributed by atoms with Crippen LogP contribution in [0.5, 0.6) is 5.75 Å². The third-order valence-electron chi connectivity index (χ3n) is 3.61. The predicted octanol–water partition coefficient (Wildman–Crippen LogP) is 3.26. The van der Waals surface area contributed by atoms with Crippen molar-refractivity contribution in [2.45, 2.75) is 45.6 Å². The fourth-order valence-corrected chi connectivity index (χ4v) is 2.37.